The lowest BCUT2D eigenvalue weighted by atomic mass is 10.1. The number of rotatable bonds is 3. The van der Waals surface area contributed by atoms with Gasteiger partial charge in [-0.3, -0.25) is 0 Å². The van der Waals surface area contributed by atoms with Crippen LogP contribution >= 0.6 is 10.7 Å². The molecule has 23 heavy (non-hydrogen) atoms. The van der Waals surface area contributed by atoms with Gasteiger partial charge in [-0.25, -0.2) is 13.4 Å². The quantitative estimate of drug-likeness (QED) is 0.755. The van der Waals surface area contributed by atoms with Gasteiger partial charge in [0.05, 0.1) is 10.5 Å². The smallest absolute Gasteiger partial charge is 0.417 e. The summed E-state index contributed by atoms with van der Waals surface area (Å²) in [6.07, 6.45) is -3.82. The Bertz CT molecular complexity index is 834. The first-order valence-corrected chi connectivity index (χ1v) is 8.56. The highest BCUT2D eigenvalue weighted by Crippen LogP contribution is 2.32. The van der Waals surface area contributed by atoms with Gasteiger partial charge >= 0.3 is 6.18 Å². The highest BCUT2D eigenvalue weighted by atomic mass is 35.7. The van der Waals surface area contributed by atoms with Crippen molar-refractivity contribution in [3.05, 3.63) is 47.2 Å². The van der Waals surface area contributed by atoms with Gasteiger partial charge in [0.25, 0.3) is 9.05 Å². The maximum Gasteiger partial charge on any atom is 0.417 e. The molecule has 0 fully saturated rings. The van der Waals surface area contributed by atoms with Gasteiger partial charge in [-0.2, -0.15) is 13.2 Å². The van der Waals surface area contributed by atoms with Gasteiger partial charge in [0.2, 0.25) is 5.88 Å². The molecule has 0 aliphatic carbocycles. The fourth-order valence-corrected chi connectivity index (χ4v) is 3.12. The molecule has 0 atom stereocenters. The van der Waals surface area contributed by atoms with Crippen molar-refractivity contribution in [2.45, 2.75) is 24.9 Å². The molecule has 0 amide bonds. The average Bonchev–Trinajstić information content (AvgIpc) is 2.41. The third-order valence-electron chi connectivity index (χ3n) is 3.01. The van der Waals surface area contributed by atoms with Crippen LogP contribution in [-0.2, 0) is 15.2 Å². The van der Waals surface area contributed by atoms with Crippen LogP contribution in [0, 0.1) is 13.8 Å². The molecule has 1 aromatic heterocycles. The Balaban J connectivity index is 2.32. The summed E-state index contributed by atoms with van der Waals surface area (Å²) >= 11 is 0. The fourth-order valence-electron chi connectivity index (χ4n) is 1.86. The Morgan fingerprint density at radius 1 is 1.13 bits per heavy atom. The number of hydrogen-bond acceptors (Lipinski definition) is 4. The van der Waals surface area contributed by atoms with Crippen LogP contribution in [0.25, 0.3) is 0 Å². The van der Waals surface area contributed by atoms with Crippen LogP contribution in [0.1, 0.15) is 16.7 Å². The molecule has 1 heterocycles. The summed E-state index contributed by atoms with van der Waals surface area (Å²) in [4.78, 5) is 3.54. The van der Waals surface area contributed by atoms with Gasteiger partial charge < -0.3 is 4.74 Å². The zero-order valence-electron chi connectivity index (χ0n) is 12.0. The van der Waals surface area contributed by atoms with Gasteiger partial charge in [-0.1, -0.05) is 0 Å². The second-order valence-corrected chi connectivity index (χ2v) is 7.34. The molecule has 0 N–H and O–H groups in total. The molecule has 0 aliphatic rings. The summed E-state index contributed by atoms with van der Waals surface area (Å²) < 4.78 is 65.6. The normalized spacial score (nSPS) is 12.3. The predicted octanol–water partition coefficient (Wildman–Crippen LogP) is 4.44. The number of nitrogens with zero attached hydrogens (tertiary/aromatic N) is 1. The molecule has 9 heteroatoms. The number of benzene rings is 1. The molecule has 124 valence electrons. The topological polar surface area (TPSA) is 56.3 Å². The van der Waals surface area contributed by atoms with E-state index in [-0.39, 0.29) is 16.5 Å². The van der Waals surface area contributed by atoms with Crippen LogP contribution in [0.15, 0.2) is 35.4 Å². The summed E-state index contributed by atoms with van der Waals surface area (Å²) in [5.74, 6) is 0.237. The predicted molar refractivity (Wildman–Crippen MR) is 78.3 cm³/mol. The van der Waals surface area contributed by atoms with Gasteiger partial charge in [-0.15, -0.1) is 0 Å². The van der Waals surface area contributed by atoms with E-state index in [0.717, 1.165) is 12.1 Å². The van der Waals surface area contributed by atoms with Crippen molar-refractivity contribution in [2.75, 3.05) is 0 Å². The SMILES string of the molecule is Cc1cc(S(=O)(=O)Cl)c(C)cc1Oc1ccc(C(F)(F)F)cn1. The zero-order valence-corrected chi connectivity index (χ0v) is 13.6. The van der Waals surface area contributed by atoms with Gasteiger partial charge in [-0.05, 0) is 43.2 Å². The molecule has 4 nitrogen and oxygen atoms in total. The minimum Gasteiger partial charge on any atom is -0.439 e. The number of hydrogen-bond donors (Lipinski definition) is 0. The second-order valence-electron chi connectivity index (χ2n) is 4.81. The summed E-state index contributed by atoms with van der Waals surface area (Å²) in [5, 5.41) is 0. The molecule has 0 radical (unpaired) electrons. The van der Waals surface area contributed by atoms with Crippen molar-refractivity contribution >= 4 is 19.7 Å². The molecule has 2 rings (SSSR count). The largest absolute Gasteiger partial charge is 0.439 e. The standard InChI is InChI=1S/C14H11ClF3NO3S/c1-8-6-12(23(15,20)21)9(2)5-11(8)22-13-4-3-10(7-19-13)14(16,17)18/h3-7H,1-2H3. The molecule has 0 spiro atoms. The Kier molecular flexibility index (Phi) is 4.59. The molecule has 0 saturated heterocycles. The molecular formula is C14H11ClF3NO3S. The Morgan fingerprint density at radius 3 is 2.26 bits per heavy atom. The van der Waals surface area contributed by atoms with E-state index in [2.05, 4.69) is 4.98 Å². The summed E-state index contributed by atoms with van der Waals surface area (Å²) in [7, 11) is 1.43. The van der Waals surface area contributed by atoms with E-state index in [4.69, 9.17) is 15.4 Å². The number of halogens is 4. The minimum atomic E-state index is -4.48. The first kappa shape index (κ1) is 17.6. The van der Waals surface area contributed by atoms with Crippen molar-refractivity contribution in [3.63, 3.8) is 0 Å². The molecule has 0 aliphatic heterocycles. The number of ether oxygens (including phenoxy) is 1. The van der Waals surface area contributed by atoms with Crippen molar-refractivity contribution in [2.24, 2.45) is 0 Å². The van der Waals surface area contributed by atoms with Crippen molar-refractivity contribution < 1.29 is 26.3 Å². The highest BCUT2D eigenvalue weighted by Gasteiger charge is 2.30. The summed E-state index contributed by atoms with van der Waals surface area (Å²) in [5.41, 5.74) is -0.0784. The maximum absolute atomic E-state index is 12.5. The number of aromatic nitrogens is 1. The van der Waals surface area contributed by atoms with E-state index >= 15 is 0 Å². The molecule has 2 aromatic rings. The van der Waals surface area contributed by atoms with Gasteiger partial charge in [0.1, 0.15) is 5.75 Å². The Morgan fingerprint density at radius 2 is 1.78 bits per heavy atom. The Labute approximate surface area is 135 Å². The molecular weight excluding hydrogens is 355 g/mol. The van der Waals surface area contributed by atoms with E-state index < -0.39 is 20.8 Å². The molecule has 0 unspecified atom stereocenters. The van der Waals surface area contributed by atoms with Crippen molar-refractivity contribution in [1.29, 1.82) is 0 Å². The lowest BCUT2D eigenvalue weighted by Gasteiger charge is -2.12. The first-order chi connectivity index (χ1) is 10.5. The van der Waals surface area contributed by atoms with Crippen molar-refractivity contribution in [3.8, 4) is 11.6 Å². The van der Waals surface area contributed by atoms with Gasteiger partial charge in [0, 0.05) is 22.9 Å². The lowest BCUT2D eigenvalue weighted by Crippen LogP contribution is -2.05. The monoisotopic (exact) mass is 365 g/mol. The number of aryl methyl sites for hydroxylation is 2. The average molecular weight is 366 g/mol. The van der Waals surface area contributed by atoms with Crippen LogP contribution in [0.3, 0.4) is 0 Å². The second kappa shape index (κ2) is 6.01. The van der Waals surface area contributed by atoms with E-state index in [0.29, 0.717) is 17.3 Å². The molecule has 1 aromatic carbocycles. The maximum atomic E-state index is 12.5. The summed E-state index contributed by atoms with van der Waals surface area (Å²) in [6, 6.07) is 4.70. The lowest BCUT2D eigenvalue weighted by molar-refractivity contribution is -0.137. The van der Waals surface area contributed by atoms with E-state index in [1.165, 1.54) is 19.1 Å². The Hall–Kier alpha value is -1.80. The molecule has 0 bridgehead atoms. The molecule has 0 saturated carbocycles. The third-order valence-corrected chi connectivity index (χ3v) is 4.48. The zero-order chi connectivity index (χ0) is 17.4. The highest BCUT2D eigenvalue weighted by molar-refractivity contribution is 8.13. The fraction of sp³-hybridized carbons (Fsp3) is 0.214. The van der Waals surface area contributed by atoms with Crippen molar-refractivity contribution in [1.82, 2.24) is 4.98 Å². The third kappa shape index (κ3) is 4.14. The van der Waals surface area contributed by atoms with E-state index in [9.17, 15) is 21.6 Å². The van der Waals surface area contributed by atoms with Crippen LogP contribution in [0.5, 0.6) is 11.6 Å². The summed E-state index contributed by atoms with van der Waals surface area (Å²) in [6.45, 7) is 3.12. The van der Waals surface area contributed by atoms with Crippen LogP contribution in [0.4, 0.5) is 13.2 Å². The van der Waals surface area contributed by atoms with E-state index in [1.807, 2.05) is 0 Å². The van der Waals surface area contributed by atoms with Crippen LogP contribution in [0.2, 0.25) is 0 Å². The number of pyridine rings is 1. The van der Waals surface area contributed by atoms with Gasteiger partial charge in [0.15, 0.2) is 0 Å². The van der Waals surface area contributed by atoms with Crippen LogP contribution in [-0.4, -0.2) is 13.4 Å². The van der Waals surface area contributed by atoms with E-state index in [1.54, 1.807) is 6.92 Å². The number of alkyl halides is 3. The van der Waals surface area contributed by atoms with Crippen LogP contribution < -0.4 is 4.74 Å². The first-order valence-electron chi connectivity index (χ1n) is 6.25. The minimum absolute atomic E-state index is 0.0398.